The SMILES string of the molecule is Cn1nnnc1NC1CCCOC1. The van der Waals surface area contributed by atoms with E-state index in [1.165, 1.54) is 0 Å². The lowest BCUT2D eigenvalue weighted by molar-refractivity contribution is 0.0873. The van der Waals surface area contributed by atoms with Crippen molar-refractivity contribution in [1.29, 1.82) is 0 Å². The predicted octanol–water partition coefficient (Wildman–Crippen LogP) is -0.199. The first kappa shape index (κ1) is 8.43. The summed E-state index contributed by atoms with van der Waals surface area (Å²) in [7, 11) is 1.81. The van der Waals surface area contributed by atoms with E-state index in [0.29, 0.717) is 12.0 Å². The summed E-state index contributed by atoms with van der Waals surface area (Å²) in [5.74, 6) is 0.704. The lowest BCUT2D eigenvalue weighted by Crippen LogP contribution is -2.31. The molecule has 6 heteroatoms. The van der Waals surface area contributed by atoms with Gasteiger partial charge in [-0.1, -0.05) is 5.10 Å². The minimum absolute atomic E-state index is 0.346. The Kier molecular flexibility index (Phi) is 2.40. The number of aryl methyl sites for hydroxylation is 1. The Balaban J connectivity index is 1.93. The Morgan fingerprint density at radius 2 is 2.54 bits per heavy atom. The molecule has 1 aliphatic rings. The van der Waals surface area contributed by atoms with Crippen molar-refractivity contribution in [2.45, 2.75) is 18.9 Å². The molecule has 0 bridgehead atoms. The van der Waals surface area contributed by atoms with Gasteiger partial charge in [-0.15, -0.1) is 0 Å². The third-order valence-corrected chi connectivity index (χ3v) is 2.11. The molecule has 1 atom stereocenters. The number of tetrazole rings is 1. The molecule has 0 saturated carbocycles. The molecule has 1 aliphatic heterocycles. The molecule has 0 aliphatic carbocycles. The first-order valence-corrected chi connectivity index (χ1v) is 4.43. The number of nitrogens with one attached hydrogen (secondary N) is 1. The molecule has 0 radical (unpaired) electrons. The topological polar surface area (TPSA) is 64.9 Å². The number of hydrogen-bond donors (Lipinski definition) is 1. The largest absolute Gasteiger partial charge is 0.379 e. The van der Waals surface area contributed by atoms with Gasteiger partial charge in [0.2, 0.25) is 5.95 Å². The van der Waals surface area contributed by atoms with Gasteiger partial charge in [0.1, 0.15) is 0 Å². The van der Waals surface area contributed by atoms with Gasteiger partial charge in [-0.25, -0.2) is 4.68 Å². The van der Waals surface area contributed by atoms with Crippen molar-refractivity contribution >= 4 is 5.95 Å². The van der Waals surface area contributed by atoms with Crippen molar-refractivity contribution in [2.24, 2.45) is 7.05 Å². The lowest BCUT2D eigenvalue weighted by atomic mass is 10.1. The standard InChI is InChI=1S/C7H13N5O/c1-12-7(9-10-11-12)8-6-3-2-4-13-5-6/h6H,2-5H2,1H3,(H,8,9,11). The van der Waals surface area contributed by atoms with E-state index in [9.17, 15) is 0 Å². The highest BCUT2D eigenvalue weighted by Gasteiger charge is 2.15. The third kappa shape index (κ3) is 1.95. The Bertz CT molecular complexity index is 268. The van der Waals surface area contributed by atoms with E-state index in [1.54, 1.807) is 4.68 Å². The van der Waals surface area contributed by atoms with E-state index in [0.717, 1.165) is 26.1 Å². The van der Waals surface area contributed by atoms with E-state index < -0.39 is 0 Å². The highest BCUT2D eigenvalue weighted by atomic mass is 16.5. The maximum absolute atomic E-state index is 5.33. The Morgan fingerprint density at radius 1 is 1.62 bits per heavy atom. The van der Waals surface area contributed by atoms with Crippen LogP contribution < -0.4 is 5.32 Å². The van der Waals surface area contributed by atoms with Gasteiger partial charge in [0, 0.05) is 13.7 Å². The van der Waals surface area contributed by atoms with Crippen molar-refractivity contribution in [1.82, 2.24) is 20.2 Å². The lowest BCUT2D eigenvalue weighted by Gasteiger charge is -2.22. The summed E-state index contributed by atoms with van der Waals surface area (Å²) < 4.78 is 6.95. The molecule has 1 fully saturated rings. The number of ether oxygens (including phenoxy) is 1. The van der Waals surface area contributed by atoms with Crippen LogP contribution in [0.4, 0.5) is 5.95 Å². The predicted molar refractivity (Wildman–Crippen MR) is 46.3 cm³/mol. The van der Waals surface area contributed by atoms with E-state index in [2.05, 4.69) is 20.8 Å². The smallest absolute Gasteiger partial charge is 0.242 e. The van der Waals surface area contributed by atoms with Crippen LogP contribution in [0.15, 0.2) is 0 Å². The Hall–Kier alpha value is -1.17. The molecule has 1 aromatic heterocycles. The van der Waals surface area contributed by atoms with Crippen molar-refractivity contribution in [3.63, 3.8) is 0 Å². The highest BCUT2D eigenvalue weighted by molar-refractivity contribution is 5.23. The van der Waals surface area contributed by atoms with Crippen molar-refractivity contribution in [3.05, 3.63) is 0 Å². The van der Waals surface area contributed by atoms with E-state index in [1.807, 2.05) is 7.05 Å². The van der Waals surface area contributed by atoms with Gasteiger partial charge < -0.3 is 10.1 Å². The zero-order chi connectivity index (χ0) is 9.10. The van der Waals surface area contributed by atoms with Crippen LogP contribution >= 0.6 is 0 Å². The number of hydrogen-bond acceptors (Lipinski definition) is 5. The van der Waals surface area contributed by atoms with E-state index >= 15 is 0 Å². The van der Waals surface area contributed by atoms with Crippen LogP contribution in [0.3, 0.4) is 0 Å². The summed E-state index contributed by atoms with van der Waals surface area (Å²) in [6.07, 6.45) is 2.22. The minimum Gasteiger partial charge on any atom is -0.379 e. The van der Waals surface area contributed by atoms with Crippen molar-refractivity contribution in [3.8, 4) is 0 Å². The average Bonchev–Trinajstić information content (AvgIpc) is 2.54. The van der Waals surface area contributed by atoms with Crippen LogP contribution in [0.5, 0.6) is 0 Å². The quantitative estimate of drug-likeness (QED) is 0.688. The van der Waals surface area contributed by atoms with Gasteiger partial charge in [0.05, 0.1) is 12.6 Å². The van der Waals surface area contributed by atoms with Crippen molar-refractivity contribution in [2.75, 3.05) is 18.5 Å². The molecule has 13 heavy (non-hydrogen) atoms. The van der Waals surface area contributed by atoms with Gasteiger partial charge in [-0.3, -0.25) is 0 Å². The normalized spacial score (nSPS) is 23.0. The van der Waals surface area contributed by atoms with Gasteiger partial charge in [-0.05, 0) is 23.3 Å². The molecule has 0 amide bonds. The highest BCUT2D eigenvalue weighted by Crippen LogP contribution is 2.10. The summed E-state index contributed by atoms with van der Waals surface area (Å²) in [5.41, 5.74) is 0. The van der Waals surface area contributed by atoms with Crippen LogP contribution in [-0.2, 0) is 11.8 Å². The fourth-order valence-electron chi connectivity index (χ4n) is 1.39. The second-order valence-electron chi connectivity index (χ2n) is 3.18. The zero-order valence-electron chi connectivity index (χ0n) is 7.60. The van der Waals surface area contributed by atoms with Crippen LogP contribution in [0.1, 0.15) is 12.8 Å². The molecule has 0 spiro atoms. The summed E-state index contributed by atoms with van der Waals surface area (Å²) >= 11 is 0. The van der Waals surface area contributed by atoms with Gasteiger partial charge in [-0.2, -0.15) is 0 Å². The summed E-state index contributed by atoms with van der Waals surface area (Å²) in [6, 6.07) is 0.346. The molecule has 1 N–H and O–H groups in total. The van der Waals surface area contributed by atoms with Gasteiger partial charge >= 0.3 is 0 Å². The fraction of sp³-hybridized carbons (Fsp3) is 0.857. The number of rotatable bonds is 2. The summed E-state index contributed by atoms with van der Waals surface area (Å²) in [4.78, 5) is 0. The number of nitrogens with zero attached hydrogens (tertiary/aromatic N) is 4. The Labute approximate surface area is 76.3 Å². The molecule has 1 aromatic rings. The van der Waals surface area contributed by atoms with E-state index in [-0.39, 0.29) is 0 Å². The first-order valence-electron chi connectivity index (χ1n) is 4.43. The van der Waals surface area contributed by atoms with Crippen LogP contribution in [0.2, 0.25) is 0 Å². The molecule has 72 valence electrons. The molecular weight excluding hydrogens is 170 g/mol. The minimum atomic E-state index is 0.346. The van der Waals surface area contributed by atoms with E-state index in [4.69, 9.17) is 4.74 Å². The Morgan fingerprint density at radius 3 is 3.15 bits per heavy atom. The van der Waals surface area contributed by atoms with Gasteiger partial charge in [0.15, 0.2) is 0 Å². The molecule has 1 saturated heterocycles. The molecule has 0 aromatic carbocycles. The molecule has 2 heterocycles. The third-order valence-electron chi connectivity index (χ3n) is 2.11. The molecular formula is C7H13N5O. The monoisotopic (exact) mass is 183 g/mol. The van der Waals surface area contributed by atoms with Crippen molar-refractivity contribution < 1.29 is 4.74 Å². The summed E-state index contributed by atoms with van der Waals surface area (Å²) in [6.45, 7) is 1.61. The molecule has 6 nitrogen and oxygen atoms in total. The zero-order valence-corrected chi connectivity index (χ0v) is 7.60. The summed E-state index contributed by atoms with van der Waals surface area (Å²) in [5, 5.41) is 14.4. The second kappa shape index (κ2) is 3.69. The molecule has 2 rings (SSSR count). The second-order valence-corrected chi connectivity index (χ2v) is 3.18. The molecule has 1 unspecified atom stereocenters. The van der Waals surface area contributed by atoms with Crippen LogP contribution in [0.25, 0.3) is 0 Å². The number of aromatic nitrogens is 4. The maximum Gasteiger partial charge on any atom is 0.242 e. The maximum atomic E-state index is 5.33. The van der Waals surface area contributed by atoms with Gasteiger partial charge in [0.25, 0.3) is 0 Å². The van der Waals surface area contributed by atoms with Crippen LogP contribution in [-0.4, -0.2) is 39.5 Å². The first-order chi connectivity index (χ1) is 6.36. The number of anilines is 1. The average molecular weight is 183 g/mol. The van der Waals surface area contributed by atoms with Crippen LogP contribution in [0, 0.1) is 0 Å². The fourth-order valence-corrected chi connectivity index (χ4v) is 1.39.